The number of oxazole rings is 1. The van der Waals surface area contributed by atoms with E-state index >= 15 is 0 Å². The van der Waals surface area contributed by atoms with Crippen LogP contribution in [0, 0.1) is 0 Å². The Morgan fingerprint density at radius 3 is 1.89 bits per heavy atom. The third-order valence-electron chi connectivity index (χ3n) is 10.4. The number of amides is 2. The molecule has 8 nitrogen and oxygen atoms in total. The first-order valence-electron chi connectivity index (χ1n) is 18.9. The molecule has 9 heteroatoms. The quantitative estimate of drug-likeness (QED) is 0.102. The molecule has 3 atom stereocenters. The van der Waals surface area contributed by atoms with Gasteiger partial charge in [0.05, 0.1) is 36.5 Å². The topological polar surface area (TPSA) is 102 Å². The largest absolute Gasteiger partial charge is 0.431 e. The average Bonchev–Trinajstić information content (AvgIpc) is 3.82. The Balaban J connectivity index is 0.960. The normalized spacial score (nSPS) is 17.8. The Bertz CT molecular complexity index is 2430. The van der Waals surface area contributed by atoms with Crippen LogP contribution in [-0.4, -0.2) is 38.7 Å². The fraction of sp³-hybridized carbons (Fsp3) is 0.146. The van der Waals surface area contributed by atoms with Gasteiger partial charge in [-0.25, -0.2) is 4.98 Å². The summed E-state index contributed by atoms with van der Waals surface area (Å²) in [5, 5.41) is 10.2. The monoisotopic (exact) mass is 770 g/mol. The summed E-state index contributed by atoms with van der Waals surface area (Å²) in [5.74, 6) is 0.743. The first-order chi connectivity index (χ1) is 28.0. The molecule has 0 spiro atoms. The van der Waals surface area contributed by atoms with Crippen molar-refractivity contribution in [3.05, 3.63) is 191 Å². The SMILES string of the molecule is O=C1c2ccccc2C(=O)N1Cc1ccccc1-c1ccc([C@@H]2O[C@H](CSc3nc(-c4ccccc4)c(-c4ccccc4)o3)C[C@H](c3ccc(CO)cc3)O2)cc1. The zero-order chi connectivity index (χ0) is 38.7. The predicted molar refractivity (Wildman–Crippen MR) is 219 cm³/mol. The highest BCUT2D eigenvalue weighted by Crippen LogP contribution is 2.42. The Labute approximate surface area is 334 Å². The van der Waals surface area contributed by atoms with E-state index in [1.165, 1.54) is 16.7 Å². The van der Waals surface area contributed by atoms with Gasteiger partial charge in [-0.3, -0.25) is 14.5 Å². The summed E-state index contributed by atoms with van der Waals surface area (Å²) in [7, 11) is 0. The van der Waals surface area contributed by atoms with Gasteiger partial charge in [0, 0.05) is 28.9 Å². The molecule has 9 rings (SSSR count). The number of carbonyl (C=O) groups is 2. The number of nitrogens with zero attached hydrogens (tertiary/aromatic N) is 2. The fourth-order valence-electron chi connectivity index (χ4n) is 7.44. The van der Waals surface area contributed by atoms with E-state index in [9.17, 15) is 14.7 Å². The van der Waals surface area contributed by atoms with E-state index in [-0.39, 0.29) is 37.2 Å². The van der Waals surface area contributed by atoms with Crippen molar-refractivity contribution in [2.75, 3.05) is 5.75 Å². The maximum Gasteiger partial charge on any atom is 0.261 e. The van der Waals surface area contributed by atoms with E-state index < -0.39 is 6.29 Å². The van der Waals surface area contributed by atoms with Crippen molar-refractivity contribution in [2.45, 2.75) is 43.3 Å². The smallest absolute Gasteiger partial charge is 0.261 e. The number of fused-ring (bicyclic) bond motifs is 1. The van der Waals surface area contributed by atoms with Crippen molar-refractivity contribution in [3.8, 4) is 33.7 Å². The summed E-state index contributed by atoms with van der Waals surface area (Å²) >= 11 is 1.52. The van der Waals surface area contributed by atoms with Gasteiger partial charge in [-0.15, -0.1) is 0 Å². The Kier molecular flexibility index (Phi) is 10.4. The Hall–Kier alpha value is -6.10. The van der Waals surface area contributed by atoms with Crippen molar-refractivity contribution in [2.24, 2.45) is 0 Å². The third-order valence-corrected chi connectivity index (χ3v) is 11.4. The minimum Gasteiger partial charge on any atom is -0.431 e. The van der Waals surface area contributed by atoms with Crippen LogP contribution in [0.3, 0.4) is 0 Å². The lowest BCUT2D eigenvalue weighted by molar-refractivity contribution is -0.245. The second-order valence-electron chi connectivity index (χ2n) is 14.1. The average molecular weight is 771 g/mol. The molecule has 282 valence electrons. The van der Waals surface area contributed by atoms with Crippen LogP contribution in [0.2, 0.25) is 0 Å². The molecule has 2 aliphatic heterocycles. The minimum atomic E-state index is -0.654. The van der Waals surface area contributed by atoms with Gasteiger partial charge >= 0.3 is 0 Å². The second kappa shape index (κ2) is 16.2. The van der Waals surface area contributed by atoms with Crippen LogP contribution >= 0.6 is 11.8 Å². The molecule has 1 fully saturated rings. The summed E-state index contributed by atoms with van der Waals surface area (Å²) in [4.78, 5) is 32.6. The number of aromatic nitrogens is 1. The maximum absolute atomic E-state index is 13.2. The molecule has 2 amide bonds. The van der Waals surface area contributed by atoms with Crippen LogP contribution in [0.1, 0.15) is 61.8 Å². The van der Waals surface area contributed by atoms with Crippen LogP contribution in [0.4, 0.5) is 0 Å². The molecule has 6 aromatic carbocycles. The molecule has 0 saturated carbocycles. The minimum absolute atomic E-state index is 0.0311. The van der Waals surface area contributed by atoms with E-state index in [2.05, 4.69) is 0 Å². The van der Waals surface area contributed by atoms with E-state index in [1.54, 1.807) is 24.3 Å². The van der Waals surface area contributed by atoms with E-state index in [4.69, 9.17) is 18.9 Å². The van der Waals surface area contributed by atoms with Crippen LogP contribution in [0.5, 0.6) is 0 Å². The summed E-state index contributed by atoms with van der Waals surface area (Å²) in [6.07, 6.45) is -0.503. The van der Waals surface area contributed by atoms with Crippen molar-refractivity contribution in [1.82, 2.24) is 9.88 Å². The highest BCUT2D eigenvalue weighted by molar-refractivity contribution is 7.99. The molecule has 57 heavy (non-hydrogen) atoms. The molecule has 0 unspecified atom stereocenters. The molecule has 1 N–H and O–H groups in total. The van der Waals surface area contributed by atoms with Gasteiger partial charge in [-0.2, -0.15) is 0 Å². The number of hydrogen-bond donors (Lipinski definition) is 1. The second-order valence-corrected chi connectivity index (χ2v) is 15.0. The number of aliphatic hydroxyl groups excluding tert-OH is 1. The summed E-state index contributed by atoms with van der Waals surface area (Å²) in [5.41, 5.74) is 9.04. The van der Waals surface area contributed by atoms with Crippen molar-refractivity contribution < 1.29 is 28.6 Å². The Morgan fingerprint density at radius 2 is 1.23 bits per heavy atom. The number of aliphatic hydroxyl groups is 1. The zero-order valence-electron chi connectivity index (χ0n) is 30.9. The van der Waals surface area contributed by atoms with Crippen LogP contribution in [-0.2, 0) is 22.6 Å². The van der Waals surface area contributed by atoms with Gasteiger partial charge in [0.1, 0.15) is 5.69 Å². The van der Waals surface area contributed by atoms with Gasteiger partial charge in [0.25, 0.3) is 17.0 Å². The van der Waals surface area contributed by atoms with Crippen LogP contribution in [0.15, 0.2) is 167 Å². The third kappa shape index (κ3) is 7.58. The zero-order valence-corrected chi connectivity index (χ0v) is 31.7. The molecular formula is C48H38N2O6S. The number of carbonyl (C=O) groups excluding carboxylic acids is 2. The highest BCUT2D eigenvalue weighted by Gasteiger charge is 2.36. The number of thioether (sulfide) groups is 1. The van der Waals surface area contributed by atoms with Gasteiger partial charge in [-0.1, -0.05) is 157 Å². The van der Waals surface area contributed by atoms with E-state index in [1.807, 2.05) is 133 Å². The Morgan fingerprint density at radius 1 is 0.632 bits per heavy atom. The molecule has 2 aliphatic rings. The van der Waals surface area contributed by atoms with Gasteiger partial charge in [0.15, 0.2) is 12.1 Å². The maximum atomic E-state index is 13.2. The lowest BCUT2D eigenvalue weighted by atomic mass is 9.97. The van der Waals surface area contributed by atoms with Gasteiger partial charge < -0.3 is 19.0 Å². The van der Waals surface area contributed by atoms with Crippen LogP contribution < -0.4 is 0 Å². The molecule has 0 aliphatic carbocycles. The molecule has 0 bridgehead atoms. The number of imide groups is 1. The summed E-state index contributed by atoms with van der Waals surface area (Å²) < 4.78 is 19.8. The summed E-state index contributed by atoms with van der Waals surface area (Å²) in [6.45, 7) is 0.135. The molecule has 1 aromatic heterocycles. The number of benzene rings is 6. The van der Waals surface area contributed by atoms with Crippen molar-refractivity contribution >= 4 is 23.6 Å². The molecule has 7 aromatic rings. The summed E-state index contributed by atoms with van der Waals surface area (Å²) in [6, 6.07) is 50.8. The van der Waals surface area contributed by atoms with Gasteiger partial charge in [-0.05, 0) is 39.9 Å². The number of hydrogen-bond acceptors (Lipinski definition) is 8. The van der Waals surface area contributed by atoms with Crippen molar-refractivity contribution in [1.29, 1.82) is 0 Å². The number of ether oxygens (including phenoxy) is 2. The van der Waals surface area contributed by atoms with Crippen molar-refractivity contribution in [3.63, 3.8) is 0 Å². The molecule has 0 radical (unpaired) electrons. The fourth-order valence-corrected chi connectivity index (χ4v) is 8.28. The standard InChI is InChI=1S/C48H38N2O6S/c51-29-31-19-21-33(22-20-31)42-27-38(30-57-48-49-43(34-11-3-1-4-12-34)44(56-48)35-13-5-2-6-14-35)54-47(55-42)36-25-23-32(24-26-36)39-16-8-7-15-37(39)28-50-45(52)40-17-9-10-18-41(40)46(50)53/h1-26,38,42,47,51H,27-30H2/t38-,42+,47+/m0/s1. The van der Waals surface area contributed by atoms with E-state index in [0.29, 0.717) is 28.5 Å². The number of rotatable bonds is 11. The lowest BCUT2D eigenvalue weighted by Gasteiger charge is -2.36. The molecule has 3 heterocycles. The van der Waals surface area contributed by atoms with E-state index in [0.717, 1.165) is 56.0 Å². The van der Waals surface area contributed by atoms with Crippen LogP contribution in [0.25, 0.3) is 33.7 Å². The lowest BCUT2D eigenvalue weighted by Crippen LogP contribution is -2.31. The highest BCUT2D eigenvalue weighted by atomic mass is 32.2. The first-order valence-corrected chi connectivity index (χ1v) is 19.9. The van der Waals surface area contributed by atoms with Gasteiger partial charge in [0.2, 0.25) is 0 Å². The molecular weight excluding hydrogens is 733 g/mol. The molecule has 1 saturated heterocycles. The predicted octanol–water partition coefficient (Wildman–Crippen LogP) is 10.3. The first kappa shape index (κ1) is 36.5.